The molecule has 0 bridgehead atoms. The number of pyridine rings is 1. The lowest BCUT2D eigenvalue weighted by Crippen LogP contribution is -2.45. The van der Waals surface area contributed by atoms with E-state index in [9.17, 15) is 4.79 Å². The van der Waals surface area contributed by atoms with Gasteiger partial charge in [0.15, 0.2) is 0 Å². The van der Waals surface area contributed by atoms with Crippen LogP contribution in [0, 0.1) is 0 Å². The lowest BCUT2D eigenvalue weighted by Gasteiger charge is -2.36. The summed E-state index contributed by atoms with van der Waals surface area (Å²) in [5, 5.41) is 2.90. The van der Waals surface area contributed by atoms with Crippen LogP contribution in [0.3, 0.4) is 0 Å². The van der Waals surface area contributed by atoms with E-state index in [1.807, 2.05) is 31.5 Å². The molecule has 1 N–H and O–H groups in total. The predicted octanol–water partition coefficient (Wildman–Crippen LogP) is 2.06. The molecule has 0 unspecified atom stereocenters. The number of hydrogen-bond donors (Lipinski definition) is 1. The number of hydrogen-bond acceptors (Lipinski definition) is 5. The molecule has 1 aromatic rings. The van der Waals surface area contributed by atoms with Gasteiger partial charge >= 0.3 is 0 Å². The Labute approximate surface area is 136 Å². The Morgan fingerprint density at radius 1 is 1.45 bits per heavy atom. The Morgan fingerprint density at radius 2 is 2.14 bits per heavy atom. The topological polar surface area (TPSA) is 54.5 Å². The van der Waals surface area contributed by atoms with Crippen LogP contribution in [0.4, 0.5) is 5.82 Å². The molecule has 1 aliphatic heterocycles. The number of nitrogens with zero attached hydrogens (tertiary/aromatic N) is 2. The molecule has 6 heteroatoms. The average molecular weight is 323 g/mol. The number of anilines is 1. The molecule has 122 valence electrons. The van der Waals surface area contributed by atoms with Gasteiger partial charge in [-0.15, -0.1) is 0 Å². The number of carbonyl (C=O) groups excluding carboxylic acids is 1. The fourth-order valence-electron chi connectivity index (χ4n) is 2.51. The van der Waals surface area contributed by atoms with E-state index in [-0.39, 0.29) is 23.4 Å². The molecule has 1 aliphatic rings. The van der Waals surface area contributed by atoms with E-state index in [1.54, 1.807) is 11.8 Å². The van der Waals surface area contributed by atoms with Gasteiger partial charge in [-0.2, -0.15) is 11.8 Å². The van der Waals surface area contributed by atoms with E-state index in [4.69, 9.17) is 4.74 Å². The van der Waals surface area contributed by atoms with Gasteiger partial charge in [0.25, 0.3) is 0 Å². The minimum atomic E-state index is -0.0245. The van der Waals surface area contributed by atoms with Crippen molar-refractivity contribution in [2.24, 2.45) is 0 Å². The highest BCUT2D eigenvalue weighted by Crippen LogP contribution is 2.18. The van der Waals surface area contributed by atoms with Crippen molar-refractivity contribution in [3.05, 3.63) is 23.9 Å². The molecule has 5 nitrogen and oxygen atoms in total. The summed E-state index contributed by atoms with van der Waals surface area (Å²) in [6, 6.07) is 4.04. The van der Waals surface area contributed by atoms with Crippen molar-refractivity contribution in [1.82, 2.24) is 10.3 Å². The SMILES string of the molecule is CS[C@H](C)C(=O)NCc1ccc(N2C[C@H](C)O[C@@H](C)C2)nc1. The number of thioether (sulfide) groups is 1. The van der Waals surface area contributed by atoms with Gasteiger partial charge in [0, 0.05) is 25.8 Å². The summed E-state index contributed by atoms with van der Waals surface area (Å²) in [4.78, 5) is 18.5. The molecule has 1 amide bonds. The number of amides is 1. The second kappa shape index (κ2) is 7.83. The third-order valence-electron chi connectivity index (χ3n) is 3.74. The minimum absolute atomic E-state index is 0.0245. The molecule has 0 aromatic carbocycles. The first-order valence-electron chi connectivity index (χ1n) is 7.65. The molecule has 0 aliphatic carbocycles. The van der Waals surface area contributed by atoms with Gasteiger partial charge in [-0.3, -0.25) is 4.79 Å². The molecule has 1 fully saturated rings. The van der Waals surface area contributed by atoms with Crippen molar-refractivity contribution in [2.75, 3.05) is 24.2 Å². The lowest BCUT2D eigenvalue weighted by atomic mass is 10.2. The molecule has 22 heavy (non-hydrogen) atoms. The van der Waals surface area contributed by atoms with E-state index < -0.39 is 0 Å². The fraction of sp³-hybridized carbons (Fsp3) is 0.625. The minimum Gasteiger partial charge on any atom is -0.372 e. The summed E-state index contributed by atoms with van der Waals surface area (Å²) in [7, 11) is 0. The summed E-state index contributed by atoms with van der Waals surface area (Å²) in [5.74, 6) is 1.03. The monoisotopic (exact) mass is 323 g/mol. The van der Waals surface area contributed by atoms with Crippen molar-refractivity contribution in [2.45, 2.75) is 44.8 Å². The molecular formula is C16H25N3O2S. The van der Waals surface area contributed by atoms with Crippen LogP contribution in [0.15, 0.2) is 18.3 Å². The average Bonchev–Trinajstić information content (AvgIpc) is 2.51. The number of carbonyl (C=O) groups is 1. The standard InChI is InChI=1S/C16H25N3O2S/c1-11-9-19(10-12(2)21-11)15-6-5-14(7-17-15)8-18-16(20)13(3)22-4/h5-7,11-13H,8-10H2,1-4H3,(H,18,20)/t11-,12-,13+/m0/s1. The molecule has 2 rings (SSSR count). The molecule has 1 aromatic heterocycles. The zero-order valence-corrected chi connectivity index (χ0v) is 14.5. The quantitative estimate of drug-likeness (QED) is 0.899. The molecule has 0 radical (unpaired) electrons. The van der Waals surface area contributed by atoms with E-state index in [1.165, 1.54) is 0 Å². The zero-order chi connectivity index (χ0) is 16.1. The van der Waals surface area contributed by atoms with Gasteiger partial charge in [-0.05, 0) is 38.7 Å². The Kier molecular flexibility index (Phi) is 6.08. The van der Waals surface area contributed by atoms with Crippen LogP contribution in [0.5, 0.6) is 0 Å². The van der Waals surface area contributed by atoms with E-state index >= 15 is 0 Å². The van der Waals surface area contributed by atoms with Gasteiger partial charge < -0.3 is 15.0 Å². The second-order valence-corrected chi connectivity index (χ2v) is 6.96. The first kappa shape index (κ1) is 17.1. The van der Waals surface area contributed by atoms with Crippen molar-refractivity contribution < 1.29 is 9.53 Å². The predicted molar refractivity (Wildman–Crippen MR) is 91.3 cm³/mol. The third kappa shape index (κ3) is 4.61. The maximum atomic E-state index is 11.8. The van der Waals surface area contributed by atoms with Crippen molar-refractivity contribution >= 4 is 23.5 Å². The number of nitrogens with one attached hydrogen (secondary N) is 1. The van der Waals surface area contributed by atoms with Gasteiger partial charge in [-0.25, -0.2) is 4.98 Å². The zero-order valence-electron chi connectivity index (χ0n) is 13.7. The fourth-order valence-corrected chi connectivity index (χ4v) is 2.81. The van der Waals surface area contributed by atoms with Crippen LogP contribution in [-0.4, -0.2) is 47.7 Å². The first-order valence-corrected chi connectivity index (χ1v) is 8.94. The van der Waals surface area contributed by atoms with Crippen LogP contribution in [-0.2, 0) is 16.1 Å². The molecule has 0 saturated carbocycles. The highest BCUT2D eigenvalue weighted by atomic mass is 32.2. The van der Waals surface area contributed by atoms with Crippen LogP contribution >= 0.6 is 11.8 Å². The molecule has 3 atom stereocenters. The van der Waals surface area contributed by atoms with Crippen molar-refractivity contribution in [3.63, 3.8) is 0 Å². The summed E-state index contributed by atoms with van der Waals surface area (Å²) >= 11 is 1.54. The maximum absolute atomic E-state index is 11.8. The van der Waals surface area contributed by atoms with Crippen LogP contribution in [0.1, 0.15) is 26.3 Å². The van der Waals surface area contributed by atoms with Crippen LogP contribution < -0.4 is 10.2 Å². The van der Waals surface area contributed by atoms with Crippen molar-refractivity contribution in [1.29, 1.82) is 0 Å². The number of ether oxygens (including phenoxy) is 1. The van der Waals surface area contributed by atoms with Gasteiger partial charge in [0.05, 0.1) is 17.5 Å². The number of rotatable bonds is 5. The second-order valence-electron chi connectivity index (χ2n) is 5.78. The molecule has 2 heterocycles. The summed E-state index contributed by atoms with van der Waals surface area (Å²) < 4.78 is 5.74. The summed E-state index contributed by atoms with van der Waals surface area (Å²) in [5.41, 5.74) is 1.01. The normalized spacial score (nSPS) is 23.2. The molecule has 1 saturated heterocycles. The molecule has 0 spiro atoms. The van der Waals surface area contributed by atoms with Gasteiger partial charge in [-0.1, -0.05) is 6.07 Å². The Balaban J connectivity index is 1.91. The van der Waals surface area contributed by atoms with Crippen LogP contribution in [0.2, 0.25) is 0 Å². The van der Waals surface area contributed by atoms with Gasteiger partial charge in [0.2, 0.25) is 5.91 Å². The van der Waals surface area contributed by atoms with E-state index in [2.05, 4.69) is 29.0 Å². The largest absolute Gasteiger partial charge is 0.372 e. The lowest BCUT2D eigenvalue weighted by molar-refractivity contribution is -0.120. The van der Waals surface area contributed by atoms with E-state index in [0.29, 0.717) is 6.54 Å². The van der Waals surface area contributed by atoms with Crippen molar-refractivity contribution in [3.8, 4) is 0 Å². The maximum Gasteiger partial charge on any atom is 0.233 e. The van der Waals surface area contributed by atoms with Gasteiger partial charge in [0.1, 0.15) is 5.82 Å². The Morgan fingerprint density at radius 3 is 2.68 bits per heavy atom. The Bertz CT molecular complexity index is 485. The summed E-state index contributed by atoms with van der Waals surface area (Å²) in [6.07, 6.45) is 4.21. The van der Waals surface area contributed by atoms with E-state index in [0.717, 1.165) is 24.5 Å². The first-order chi connectivity index (χ1) is 10.5. The summed E-state index contributed by atoms with van der Waals surface area (Å²) in [6.45, 7) is 8.31. The molecular weight excluding hydrogens is 298 g/mol. The number of aromatic nitrogens is 1. The smallest absolute Gasteiger partial charge is 0.233 e. The van der Waals surface area contributed by atoms with Crippen LogP contribution in [0.25, 0.3) is 0 Å². The number of morpholine rings is 1. The highest BCUT2D eigenvalue weighted by molar-refractivity contribution is 7.99. The highest BCUT2D eigenvalue weighted by Gasteiger charge is 2.22. The third-order valence-corrected chi connectivity index (χ3v) is 4.66. The Hall–Kier alpha value is -1.27.